The van der Waals surface area contributed by atoms with Crippen LogP contribution in [0.1, 0.15) is 41.0 Å². The van der Waals surface area contributed by atoms with Crippen molar-refractivity contribution >= 4 is 13.9 Å². The number of fused-ring (bicyclic) bond motifs is 1. The molecule has 0 radical (unpaired) electrons. The molecule has 5 heteroatoms. The number of rotatable bonds is 5. The van der Waals surface area contributed by atoms with Crippen LogP contribution in [-0.2, 0) is 14.3 Å². The van der Waals surface area contributed by atoms with E-state index < -0.39 is 19.1 Å². The number of ether oxygens (including phenoxy) is 2. The van der Waals surface area contributed by atoms with Gasteiger partial charge in [0.2, 0.25) is 11.5 Å². The van der Waals surface area contributed by atoms with E-state index in [1.54, 1.807) is 0 Å². The molecule has 0 heterocycles. The van der Waals surface area contributed by atoms with Gasteiger partial charge in [0.05, 0.1) is 25.7 Å². The molecule has 23 heavy (non-hydrogen) atoms. The van der Waals surface area contributed by atoms with Crippen LogP contribution >= 0.6 is 0 Å². The molecule has 4 nitrogen and oxygen atoms in total. The summed E-state index contributed by atoms with van der Waals surface area (Å²) in [6, 6.07) is 0. The summed E-state index contributed by atoms with van der Waals surface area (Å²) >= 11 is 0. The van der Waals surface area contributed by atoms with Gasteiger partial charge in [0.15, 0.2) is 11.4 Å². The van der Waals surface area contributed by atoms with E-state index in [0.29, 0.717) is 12.2 Å². The van der Waals surface area contributed by atoms with Crippen LogP contribution in [0.4, 0.5) is 0 Å². The summed E-state index contributed by atoms with van der Waals surface area (Å²) in [7, 11) is -1.61. The van der Waals surface area contributed by atoms with Gasteiger partial charge in [-0.05, 0) is 47.1 Å². The lowest BCUT2D eigenvalue weighted by atomic mass is 9.76. The minimum absolute atomic E-state index is 0.140. The largest absolute Gasteiger partial charge is 0.488 e. The monoisotopic (exact) mass is 338 g/mol. The highest BCUT2D eigenvalue weighted by atomic mass is 28.3. The van der Waals surface area contributed by atoms with Crippen molar-refractivity contribution in [1.82, 2.24) is 0 Å². The molecule has 0 aliphatic heterocycles. The maximum absolute atomic E-state index is 13.1. The van der Waals surface area contributed by atoms with E-state index in [1.807, 2.05) is 40.7 Å². The summed E-state index contributed by atoms with van der Waals surface area (Å²) in [6.07, 6.45) is 2.17. The Hall–Kier alpha value is -1.07. The van der Waals surface area contributed by atoms with E-state index in [2.05, 4.69) is 19.6 Å². The van der Waals surface area contributed by atoms with Gasteiger partial charge >= 0.3 is 0 Å². The van der Waals surface area contributed by atoms with Crippen LogP contribution in [0.15, 0.2) is 22.8 Å². The van der Waals surface area contributed by atoms with E-state index in [1.165, 1.54) is 5.20 Å². The van der Waals surface area contributed by atoms with Gasteiger partial charge in [-0.1, -0.05) is 24.8 Å². The summed E-state index contributed by atoms with van der Waals surface area (Å²) in [5, 5.41) is 12.7. The third-order valence-electron chi connectivity index (χ3n) is 4.70. The van der Waals surface area contributed by atoms with Gasteiger partial charge in [0.25, 0.3) is 0 Å². The Balaban J connectivity index is 2.60. The highest BCUT2D eigenvalue weighted by Gasteiger charge is 2.66. The minimum Gasteiger partial charge on any atom is -0.488 e. The van der Waals surface area contributed by atoms with Crippen LogP contribution in [0, 0.1) is 5.41 Å². The summed E-state index contributed by atoms with van der Waals surface area (Å²) in [5.74, 6) is 0.348. The van der Waals surface area contributed by atoms with Crippen LogP contribution < -0.4 is 0 Å². The van der Waals surface area contributed by atoms with E-state index in [9.17, 15) is 9.90 Å². The fourth-order valence-corrected chi connectivity index (χ4v) is 4.80. The molecule has 0 unspecified atom stereocenters. The molecule has 0 fully saturated rings. The maximum Gasteiger partial charge on any atom is 0.210 e. The number of Topliss-reactive ketones (excluding diaryl/α,β-unsaturated/α-hetero) is 1. The molecule has 0 bridgehead atoms. The van der Waals surface area contributed by atoms with E-state index >= 15 is 0 Å². The fraction of sp³-hybridized carbons (Fsp3) is 0.722. The van der Waals surface area contributed by atoms with Crippen molar-refractivity contribution in [2.45, 2.75) is 78.5 Å². The van der Waals surface area contributed by atoms with Gasteiger partial charge in [-0.3, -0.25) is 4.79 Å². The van der Waals surface area contributed by atoms with Crippen LogP contribution in [0.5, 0.6) is 0 Å². The lowest BCUT2D eigenvalue weighted by Crippen LogP contribution is -2.44. The smallest absolute Gasteiger partial charge is 0.210 e. The first-order valence-electron chi connectivity index (χ1n) is 8.40. The van der Waals surface area contributed by atoms with Gasteiger partial charge in [-0.2, -0.15) is 0 Å². The minimum atomic E-state index is -1.61. The zero-order valence-electron chi connectivity index (χ0n) is 15.6. The Morgan fingerprint density at radius 1 is 1.13 bits per heavy atom. The van der Waals surface area contributed by atoms with Crippen molar-refractivity contribution in [3.63, 3.8) is 0 Å². The van der Waals surface area contributed by atoms with E-state index in [0.717, 1.165) is 0 Å². The van der Waals surface area contributed by atoms with Crippen molar-refractivity contribution in [3.05, 3.63) is 22.8 Å². The normalized spacial score (nSPS) is 31.1. The predicted molar refractivity (Wildman–Crippen MR) is 93.6 cm³/mol. The lowest BCUT2D eigenvalue weighted by molar-refractivity contribution is -0.132. The Kier molecular flexibility index (Phi) is 4.36. The highest BCUT2D eigenvalue weighted by molar-refractivity contribution is 6.83. The molecule has 2 rings (SSSR count). The van der Waals surface area contributed by atoms with Crippen LogP contribution in [0.2, 0.25) is 19.6 Å². The van der Waals surface area contributed by atoms with Gasteiger partial charge in [-0.25, -0.2) is 0 Å². The first-order valence-corrected chi connectivity index (χ1v) is 11.9. The second-order valence-corrected chi connectivity index (χ2v) is 13.7. The van der Waals surface area contributed by atoms with Gasteiger partial charge < -0.3 is 14.6 Å². The van der Waals surface area contributed by atoms with Gasteiger partial charge in [0.1, 0.15) is 0 Å². The van der Waals surface area contributed by atoms with E-state index in [4.69, 9.17) is 9.47 Å². The first kappa shape index (κ1) is 18.3. The fourth-order valence-electron chi connectivity index (χ4n) is 3.28. The molecule has 0 aromatic heterocycles. The molecule has 0 saturated heterocycles. The Morgan fingerprint density at radius 3 is 2.09 bits per heavy atom. The highest BCUT2D eigenvalue weighted by Crippen LogP contribution is 2.58. The molecule has 2 aliphatic rings. The zero-order valence-corrected chi connectivity index (χ0v) is 16.6. The number of carbonyl (C=O) groups excluding carboxylic acids is 1. The molecule has 1 N–H and O–H groups in total. The third-order valence-corrected chi connectivity index (χ3v) is 6.95. The molecular weight excluding hydrogens is 308 g/mol. The van der Waals surface area contributed by atoms with Gasteiger partial charge in [0, 0.05) is 0 Å². The average Bonchev–Trinajstić information content (AvgIpc) is 2.72. The standard InChI is InChI=1S/C18H30O4Si/c1-11(2)21-14-15(19)17(5)9-13(23(6,7)8)10-18(17,20)16(14)22-12(3)4/h10-12,20H,9H2,1-8H3/t17-,18-/m0/s1. The third kappa shape index (κ3) is 2.78. The van der Waals surface area contributed by atoms with E-state index in [-0.39, 0.29) is 23.8 Å². The van der Waals surface area contributed by atoms with Crippen molar-refractivity contribution in [2.75, 3.05) is 0 Å². The Bertz CT molecular complexity index is 582. The maximum atomic E-state index is 13.1. The number of aliphatic hydroxyl groups is 1. The first-order chi connectivity index (χ1) is 10.3. The average molecular weight is 339 g/mol. The Morgan fingerprint density at radius 2 is 1.65 bits per heavy atom. The van der Waals surface area contributed by atoms with Crippen LogP contribution in [0.3, 0.4) is 0 Å². The molecule has 2 atom stereocenters. The summed E-state index contributed by atoms with van der Waals surface area (Å²) in [5.41, 5.74) is -2.31. The molecule has 130 valence electrons. The van der Waals surface area contributed by atoms with Crippen LogP contribution in [0.25, 0.3) is 0 Å². The zero-order chi connectivity index (χ0) is 17.8. The quantitative estimate of drug-likeness (QED) is 0.779. The summed E-state index contributed by atoms with van der Waals surface area (Å²) < 4.78 is 11.6. The summed E-state index contributed by atoms with van der Waals surface area (Å²) in [4.78, 5) is 13.1. The number of carbonyl (C=O) groups is 1. The number of hydrogen-bond acceptors (Lipinski definition) is 4. The summed E-state index contributed by atoms with van der Waals surface area (Å²) in [6.45, 7) is 16.1. The molecule has 0 saturated carbocycles. The molecule has 2 aliphatic carbocycles. The molecule has 0 spiro atoms. The second-order valence-electron chi connectivity index (χ2n) is 8.52. The van der Waals surface area contributed by atoms with Gasteiger partial charge in [-0.15, -0.1) is 0 Å². The lowest BCUT2D eigenvalue weighted by Gasteiger charge is -2.32. The topological polar surface area (TPSA) is 55.8 Å². The number of ketones is 1. The number of hydrogen-bond donors (Lipinski definition) is 1. The number of allylic oxidation sites excluding steroid dienone is 2. The van der Waals surface area contributed by atoms with Crippen molar-refractivity contribution in [1.29, 1.82) is 0 Å². The van der Waals surface area contributed by atoms with Crippen molar-refractivity contribution in [2.24, 2.45) is 5.41 Å². The predicted octanol–water partition coefficient (Wildman–Crippen LogP) is 3.58. The van der Waals surface area contributed by atoms with Crippen molar-refractivity contribution < 1.29 is 19.4 Å². The van der Waals surface area contributed by atoms with Crippen molar-refractivity contribution in [3.8, 4) is 0 Å². The molecular formula is C18H30O4Si. The Labute approximate surface area is 140 Å². The van der Waals surface area contributed by atoms with Crippen LogP contribution in [-0.4, -0.2) is 36.8 Å². The molecule has 0 amide bonds. The SMILES string of the molecule is CC(C)OC1=C(OC(C)C)[C@@]2(O)C=C([Si](C)(C)C)C[C@@]2(C)C1=O. The molecule has 0 aromatic rings. The molecule has 0 aromatic carbocycles. The second kappa shape index (κ2) is 5.48.